The number of nitro groups is 4. The molecule has 0 heterocycles. The average molecular weight is 482 g/mol. The number of nitrogens with zero attached hydrogens (tertiary/aromatic N) is 4. The second kappa shape index (κ2) is 9.57. The number of non-ortho nitro benzene ring substituents is 2. The van der Waals surface area contributed by atoms with Crippen molar-refractivity contribution >= 4 is 45.7 Å². The molecule has 0 bridgehead atoms. The van der Waals surface area contributed by atoms with Gasteiger partial charge in [0.1, 0.15) is 11.4 Å². The van der Waals surface area contributed by atoms with Gasteiger partial charge in [0, 0.05) is 17.8 Å². The molecule has 3 rings (SSSR count). The fraction of sp³-hybridized carbons (Fsp3) is 0.0500. The summed E-state index contributed by atoms with van der Waals surface area (Å²) in [6, 6.07) is 10.3. The number of benzene rings is 3. The van der Waals surface area contributed by atoms with Crippen LogP contribution in [0.4, 0.5) is 39.8 Å². The van der Waals surface area contributed by atoms with Crippen molar-refractivity contribution in [1.82, 2.24) is 0 Å². The Hall–Kier alpha value is -5.47. The summed E-state index contributed by atoms with van der Waals surface area (Å²) in [5, 5.41) is 50.4. The highest BCUT2D eigenvalue weighted by molar-refractivity contribution is 6.10. The first kappa shape index (κ1) is 24.2. The number of nitro benzene ring substituents is 4. The van der Waals surface area contributed by atoms with Gasteiger partial charge in [0.2, 0.25) is 0 Å². The van der Waals surface area contributed by atoms with E-state index in [2.05, 4.69) is 10.6 Å². The molecule has 0 aliphatic heterocycles. The minimum absolute atomic E-state index is 0.288. The van der Waals surface area contributed by atoms with Gasteiger partial charge in [-0.3, -0.25) is 45.3 Å². The van der Waals surface area contributed by atoms with E-state index in [-0.39, 0.29) is 5.69 Å². The lowest BCUT2D eigenvalue weighted by Gasteiger charge is -2.13. The number of aryl methyl sites for hydroxylation is 1. The Morgan fingerprint density at radius 2 is 1.37 bits per heavy atom. The summed E-state index contributed by atoms with van der Waals surface area (Å²) in [6.45, 7) is 1.74. The highest BCUT2D eigenvalue weighted by Gasteiger charge is 2.30. The molecule has 1 amide bonds. The second-order valence-electron chi connectivity index (χ2n) is 7.07. The quantitative estimate of drug-likeness (QED) is 0.335. The summed E-state index contributed by atoms with van der Waals surface area (Å²) in [5.41, 5.74) is -3.60. The zero-order valence-corrected chi connectivity index (χ0v) is 17.7. The average Bonchev–Trinajstić information content (AvgIpc) is 2.78. The van der Waals surface area contributed by atoms with Crippen molar-refractivity contribution in [2.75, 3.05) is 10.6 Å². The topological polar surface area (TPSA) is 214 Å². The van der Waals surface area contributed by atoms with Gasteiger partial charge in [0.25, 0.3) is 28.7 Å². The maximum atomic E-state index is 13.0. The molecule has 3 aromatic carbocycles. The fourth-order valence-corrected chi connectivity index (χ4v) is 3.12. The van der Waals surface area contributed by atoms with E-state index < -0.39 is 65.3 Å². The Morgan fingerprint density at radius 1 is 0.743 bits per heavy atom. The van der Waals surface area contributed by atoms with Crippen LogP contribution in [0, 0.1) is 47.4 Å². The second-order valence-corrected chi connectivity index (χ2v) is 7.07. The van der Waals surface area contributed by atoms with E-state index >= 15 is 0 Å². The van der Waals surface area contributed by atoms with Gasteiger partial charge in [-0.2, -0.15) is 0 Å². The van der Waals surface area contributed by atoms with Crippen LogP contribution in [0.5, 0.6) is 0 Å². The monoisotopic (exact) mass is 482 g/mol. The van der Waals surface area contributed by atoms with Gasteiger partial charge >= 0.3 is 0 Å². The summed E-state index contributed by atoms with van der Waals surface area (Å²) >= 11 is 0. The molecule has 2 N–H and O–H groups in total. The van der Waals surface area contributed by atoms with Crippen molar-refractivity contribution in [2.45, 2.75) is 6.92 Å². The first-order chi connectivity index (χ1) is 16.5. The Labute approximate surface area is 194 Å². The van der Waals surface area contributed by atoms with E-state index in [0.717, 1.165) is 23.8 Å². The molecule has 0 unspecified atom stereocenters. The molecule has 0 aliphatic rings. The summed E-state index contributed by atoms with van der Waals surface area (Å²) in [6.07, 6.45) is 0. The van der Waals surface area contributed by atoms with Crippen LogP contribution in [0.25, 0.3) is 0 Å². The zero-order valence-electron chi connectivity index (χ0n) is 17.7. The number of amides is 1. The van der Waals surface area contributed by atoms with Crippen LogP contribution in [-0.4, -0.2) is 25.6 Å². The van der Waals surface area contributed by atoms with Crippen LogP contribution in [0.15, 0.2) is 54.6 Å². The van der Waals surface area contributed by atoms with E-state index in [1.807, 2.05) is 0 Å². The fourth-order valence-electron chi connectivity index (χ4n) is 3.12. The number of anilines is 3. The molecule has 0 saturated carbocycles. The van der Waals surface area contributed by atoms with Crippen LogP contribution in [0.2, 0.25) is 0 Å². The molecule has 0 saturated heterocycles. The predicted octanol–water partition coefficient (Wildman–Crippen LogP) is 4.62. The third-order valence-corrected chi connectivity index (χ3v) is 4.68. The van der Waals surface area contributed by atoms with Crippen molar-refractivity contribution in [3.05, 3.63) is 106 Å². The first-order valence-electron chi connectivity index (χ1n) is 9.52. The van der Waals surface area contributed by atoms with E-state index in [4.69, 9.17) is 0 Å². The maximum absolute atomic E-state index is 13.0. The van der Waals surface area contributed by atoms with Crippen molar-refractivity contribution in [1.29, 1.82) is 0 Å². The molecule has 35 heavy (non-hydrogen) atoms. The summed E-state index contributed by atoms with van der Waals surface area (Å²) in [7, 11) is 0. The lowest BCUT2D eigenvalue weighted by atomic mass is 10.1. The largest absolute Gasteiger partial charge is 0.344 e. The summed E-state index contributed by atoms with van der Waals surface area (Å²) < 4.78 is 0. The van der Waals surface area contributed by atoms with Gasteiger partial charge in [0.15, 0.2) is 0 Å². The Kier molecular flexibility index (Phi) is 6.61. The molecule has 15 nitrogen and oxygen atoms in total. The van der Waals surface area contributed by atoms with E-state index in [0.29, 0.717) is 12.1 Å². The van der Waals surface area contributed by atoms with Crippen molar-refractivity contribution < 1.29 is 24.5 Å². The molecule has 0 fully saturated rings. The van der Waals surface area contributed by atoms with Gasteiger partial charge in [0.05, 0.1) is 37.4 Å². The van der Waals surface area contributed by atoms with Crippen LogP contribution < -0.4 is 10.6 Å². The highest BCUT2D eigenvalue weighted by Crippen LogP contribution is 2.39. The maximum Gasteiger partial charge on any atom is 0.300 e. The summed E-state index contributed by atoms with van der Waals surface area (Å²) in [4.78, 5) is 54.8. The van der Waals surface area contributed by atoms with Crippen molar-refractivity contribution in [3.63, 3.8) is 0 Å². The van der Waals surface area contributed by atoms with Crippen molar-refractivity contribution in [3.8, 4) is 0 Å². The number of hydrogen-bond donors (Lipinski definition) is 2. The molecule has 0 radical (unpaired) electrons. The standard InChI is InChI=1S/C20H14N6O9/c1-11-3-2-4-12(7-11)21-20(27)15-8-14(24(30)31)10-18(26(34)35)19(15)22-16-6-5-13(23(28)29)9-17(16)25(32)33/h2-10,22H,1H3,(H,21,27). The molecule has 0 atom stereocenters. The molecule has 3 aromatic rings. The van der Waals surface area contributed by atoms with E-state index in [9.17, 15) is 45.3 Å². The van der Waals surface area contributed by atoms with Crippen LogP contribution in [0.3, 0.4) is 0 Å². The molecular formula is C20H14N6O9. The normalized spacial score (nSPS) is 10.3. The Bertz CT molecular complexity index is 1410. The minimum Gasteiger partial charge on any atom is -0.344 e. The van der Waals surface area contributed by atoms with Crippen LogP contribution >= 0.6 is 0 Å². The lowest BCUT2D eigenvalue weighted by molar-refractivity contribution is -0.393. The zero-order chi connectivity index (χ0) is 25.9. The van der Waals surface area contributed by atoms with Crippen molar-refractivity contribution in [2.24, 2.45) is 0 Å². The highest BCUT2D eigenvalue weighted by atomic mass is 16.6. The predicted molar refractivity (Wildman–Crippen MR) is 122 cm³/mol. The SMILES string of the molecule is Cc1cccc(NC(=O)c2cc([N+](=O)[O-])cc([N+](=O)[O-])c2Nc2ccc([N+](=O)[O-])cc2[N+](=O)[O-])c1. The Balaban J connectivity index is 2.20. The number of carbonyl (C=O) groups is 1. The summed E-state index contributed by atoms with van der Waals surface area (Å²) in [5.74, 6) is -0.977. The van der Waals surface area contributed by atoms with Gasteiger partial charge in [-0.1, -0.05) is 12.1 Å². The molecular weight excluding hydrogens is 468 g/mol. The lowest BCUT2D eigenvalue weighted by Crippen LogP contribution is -2.16. The molecule has 0 spiro atoms. The van der Waals surface area contributed by atoms with Crippen LogP contribution in [0.1, 0.15) is 15.9 Å². The molecule has 0 aromatic heterocycles. The van der Waals surface area contributed by atoms with Gasteiger partial charge in [-0.25, -0.2) is 0 Å². The number of nitrogens with one attached hydrogen (secondary N) is 2. The number of hydrogen-bond acceptors (Lipinski definition) is 10. The first-order valence-corrected chi connectivity index (χ1v) is 9.52. The third-order valence-electron chi connectivity index (χ3n) is 4.68. The number of carbonyl (C=O) groups excluding carboxylic acids is 1. The van der Waals surface area contributed by atoms with Gasteiger partial charge in [-0.05, 0) is 30.7 Å². The molecule has 0 aliphatic carbocycles. The van der Waals surface area contributed by atoms with Crippen LogP contribution in [-0.2, 0) is 0 Å². The van der Waals surface area contributed by atoms with E-state index in [1.165, 1.54) is 6.07 Å². The van der Waals surface area contributed by atoms with Gasteiger partial charge < -0.3 is 10.6 Å². The van der Waals surface area contributed by atoms with E-state index in [1.54, 1.807) is 25.1 Å². The smallest absolute Gasteiger partial charge is 0.300 e. The molecule has 15 heteroatoms. The number of rotatable bonds is 8. The Morgan fingerprint density at radius 3 is 1.94 bits per heavy atom. The third kappa shape index (κ3) is 5.30. The molecule has 178 valence electrons. The van der Waals surface area contributed by atoms with Gasteiger partial charge in [-0.15, -0.1) is 0 Å². The minimum atomic E-state index is -1.00.